The van der Waals surface area contributed by atoms with Crippen molar-refractivity contribution in [3.05, 3.63) is 23.3 Å². The van der Waals surface area contributed by atoms with Gasteiger partial charge in [0.1, 0.15) is 5.75 Å². The van der Waals surface area contributed by atoms with E-state index in [1.807, 2.05) is 0 Å². The van der Waals surface area contributed by atoms with Gasteiger partial charge < -0.3 is 10.5 Å². The van der Waals surface area contributed by atoms with Crippen molar-refractivity contribution in [2.24, 2.45) is 0 Å². The van der Waals surface area contributed by atoms with E-state index in [1.54, 1.807) is 0 Å². The number of hydrogen-bond acceptors (Lipinski definition) is 2. The largest absolute Gasteiger partial charge is 0.491 e. The van der Waals surface area contributed by atoms with Crippen molar-refractivity contribution < 1.29 is 4.74 Å². The lowest BCUT2D eigenvalue weighted by molar-refractivity contribution is 0.242. The van der Waals surface area contributed by atoms with Crippen molar-refractivity contribution >= 4 is 5.69 Å². The highest BCUT2D eigenvalue weighted by molar-refractivity contribution is 5.61. The zero-order chi connectivity index (χ0) is 12.0. The van der Waals surface area contributed by atoms with Crippen molar-refractivity contribution in [1.82, 2.24) is 0 Å². The molecule has 92 valence electrons. The van der Waals surface area contributed by atoms with Gasteiger partial charge in [-0.15, -0.1) is 0 Å². The van der Waals surface area contributed by atoms with Gasteiger partial charge in [0, 0.05) is 5.69 Å². The number of rotatable bonds is 4. The van der Waals surface area contributed by atoms with Gasteiger partial charge in [-0.2, -0.15) is 0 Å². The van der Waals surface area contributed by atoms with Gasteiger partial charge in [-0.1, -0.05) is 0 Å². The first-order valence-electron chi connectivity index (χ1n) is 6.75. The molecule has 0 spiro atoms. The highest BCUT2D eigenvalue weighted by atomic mass is 16.5. The van der Waals surface area contributed by atoms with E-state index in [2.05, 4.69) is 26.0 Å². The Balaban J connectivity index is 1.98. The van der Waals surface area contributed by atoms with Gasteiger partial charge in [-0.05, 0) is 74.6 Å². The van der Waals surface area contributed by atoms with Crippen LogP contribution in [0, 0.1) is 0 Å². The standard InChI is InChI=1S/C15H21NO/c1-9(2)17-12-7-13(10-3-4-10)15(16)14(8-12)11-5-6-11/h7-11H,3-6,16H2,1-2H3. The molecule has 0 amide bonds. The van der Waals surface area contributed by atoms with Gasteiger partial charge in [0.25, 0.3) is 0 Å². The monoisotopic (exact) mass is 231 g/mol. The predicted molar refractivity (Wildman–Crippen MR) is 70.6 cm³/mol. The lowest BCUT2D eigenvalue weighted by Gasteiger charge is -2.16. The quantitative estimate of drug-likeness (QED) is 0.800. The van der Waals surface area contributed by atoms with Crippen LogP contribution in [0.4, 0.5) is 5.69 Å². The number of nitrogen functional groups attached to an aromatic ring is 1. The minimum atomic E-state index is 0.234. The summed E-state index contributed by atoms with van der Waals surface area (Å²) in [6.07, 6.45) is 5.40. The smallest absolute Gasteiger partial charge is 0.120 e. The van der Waals surface area contributed by atoms with E-state index in [9.17, 15) is 0 Å². The maximum atomic E-state index is 6.31. The molecule has 0 aromatic heterocycles. The van der Waals surface area contributed by atoms with E-state index in [-0.39, 0.29) is 6.10 Å². The molecule has 17 heavy (non-hydrogen) atoms. The molecular formula is C15H21NO. The average Bonchev–Trinajstić information content (AvgIpc) is 3.14. The fourth-order valence-electron chi connectivity index (χ4n) is 2.47. The first kappa shape index (κ1) is 10.9. The lowest BCUT2D eigenvalue weighted by atomic mass is 10.00. The van der Waals surface area contributed by atoms with Crippen LogP contribution >= 0.6 is 0 Å². The Labute approximate surface area is 103 Å². The molecule has 3 rings (SSSR count). The van der Waals surface area contributed by atoms with Gasteiger partial charge in [-0.3, -0.25) is 0 Å². The summed E-state index contributed by atoms with van der Waals surface area (Å²) in [6.45, 7) is 4.15. The molecular weight excluding hydrogens is 210 g/mol. The molecule has 2 fully saturated rings. The highest BCUT2D eigenvalue weighted by Crippen LogP contribution is 2.50. The molecule has 0 heterocycles. The SMILES string of the molecule is CC(C)Oc1cc(C2CC2)c(N)c(C2CC2)c1. The maximum absolute atomic E-state index is 6.31. The molecule has 2 saturated carbocycles. The van der Waals surface area contributed by atoms with Gasteiger partial charge in [0.15, 0.2) is 0 Å². The molecule has 0 radical (unpaired) electrons. The summed E-state index contributed by atoms with van der Waals surface area (Å²) in [7, 11) is 0. The average molecular weight is 231 g/mol. The third-order valence-electron chi connectivity index (χ3n) is 3.62. The number of benzene rings is 1. The van der Waals surface area contributed by atoms with Crippen LogP contribution in [-0.2, 0) is 0 Å². The molecule has 2 nitrogen and oxygen atoms in total. The van der Waals surface area contributed by atoms with E-state index in [0.29, 0.717) is 11.8 Å². The van der Waals surface area contributed by atoms with Crippen LogP contribution in [0.1, 0.15) is 62.5 Å². The summed E-state index contributed by atoms with van der Waals surface area (Å²) in [4.78, 5) is 0. The summed E-state index contributed by atoms with van der Waals surface area (Å²) in [5, 5.41) is 0. The third-order valence-corrected chi connectivity index (χ3v) is 3.62. The van der Waals surface area contributed by atoms with Gasteiger partial charge in [0.05, 0.1) is 6.10 Å². The molecule has 0 unspecified atom stereocenters. The Morgan fingerprint density at radius 1 is 1.06 bits per heavy atom. The second-order valence-electron chi connectivity index (χ2n) is 5.73. The van der Waals surface area contributed by atoms with E-state index >= 15 is 0 Å². The topological polar surface area (TPSA) is 35.2 Å². The molecule has 2 N–H and O–H groups in total. The fraction of sp³-hybridized carbons (Fsp3) is 0.600. The Bertz CT molecular complexity index is 398. The first-order chi connectivity index (χ1) is 8.15. The Morgan fingerprint density at radius 2 is 1.53 bits per heavy atom. The second-order valence-corrected chi connectivity index (χ2v) is 5.73. The predicted octanol–water partition coefficient (Wildman–Crippen LogP) is 3.81. The molecule has 2 aliphatic carbocycles. The maximum Gasteiger partial charge on any atom is 0.120 e. The number of hydrogen-bond donors (Lipinski definition) is 1. The number of nitrogens with two attached hydrogens (primary N) is 1. The van der Waals surface area contributed by atoms with Crippen LogP contribution in [0.15, 0.2) is 12.1 Å². The van der Waals surface area contributed by atoms with Gasteiger partial charge >= 0.3 is 0 Å². The zero-order valence-electron chi connectivity index (χ0n) is 10.7. The van der Waals surface area contributed by atoms with Crippen LogP contribution in [-0.4, -0.2) is 6.10 Å². The summed E-state index contributed by atoms with van der Waals surface area (Å²) in [5.41, 5.74) is 10.0. The minimum absolute atomic E-state index is 0.234. The van der Waals surface area contributed by atoms with Crippen molar-refractivity contribution in [3.63, 3.8) is 0 Å². The molecule has 2 aliphatic rings. The van der Waals surface area contributed by atoms with Crippen molar-refractivity contribution in [3.8, 4) is 5.75 Å². The van der Waals surface area contributed by atoms with Gasteiger partial charge in [0.2, 0.25) is 0 Å². The third kappa shape index (κ3) is 2.26. The Morgan fingerprint density at radius 3 is 1.88 bits per heavy atom. The molecule has 0 atom stereocenters. The molecule has 1 aromatic rings. The fourth-order valence-corrected chi connectivity index (χ4v) is 2.47. The Kier molecular flexibility index (Phi) is 2.53. The van der Waals surface area contributed by atoms with Crippen LogP contribution in [0.3, 0.4) is 0 Å². The van der Waals surface area contributed by atoms with Crippen molar-refractivity contribution in [2.45, 2.75) is 57.5 Å². The second kappa shape index (κ2) is 3.94. The number of anilines is 1. The summed E-state index contributed by atoms with van der Waals surface area (Å²) in [5.74, 6) is 2.41. The van der Waals surface area contributed by atoms with E-state index in [4.69, 9.17) is 10.5 Å². The van der Waals surface area contributed by atoms with E-state index in [1.165, 1.54) is 36.8 Å². The lowest BCUT2D eigenvalue weighted by Crippen LogP contribution is -2.07. The minimum Gasteiger partial charge on any atom is -0.491 e. The normalized spacial score (nSPS) is 19.7. The van der Waals surface area contributed by atoms with Crippen LogP contribution in [0.2, 0.25) is 0 Å². The van der Waals surface area contributed by atoms with Crippen molar-refractivity contribution in [2.75, 3.05) is 5.73 Å². The Hall–Kier alpha value is -1.18. The summed E-state index contributed by atoms with van der Waals surface area (Å²) >= 11 is 0. The van der Waals surface area contributed by atoms with Crippen LogP contribution in [0.25, 0.3) is 0 Å². The zero-order valence-corrected chi connectivity index (χ0v) is 10.7. The van der Waals surface area contributed by atoms with Gasteiger partial charge in [-0.25, -0.2) is 0 Å². The molecule has 1 aromatic carbocycles. The van der Waals surface area contributed by atoms with Crippen LogP contribution < -0.4 is 10.5 Å². The van der Waals surface area contributed by atoms with Crippen LogP contribution in [0.5, 0.6) is 5.75 Å². The molecule has 2 heteroatoms. The van der Waals surface area contributed by atoms with E-state index < -0.39 is 0 Å². The van der Waals surface area contributed by atoms with Crippen molar-refractivity contribution in [1.29, 1.82) is 0 Å². The molecule has 0 bridgehead atoms. The molecule has 0 saturated heterocycles. The molecule has 0 aliphatic heterocycles. The highest BCUT2D eigenvalue weighted by Gasteiger charge is 2.32. The summed E-state index contributed by atoms with van der Waals surface area (Å²) < 4.78 is 5.85. The van der Waals surface area contributed by atoms with E-state index in [0.717, 1.165) is 11.4 Å². The number of ether oxygens (including phenoxy) is 1. The first-order valence-corrected chi connectivity index (χ1v) is 6.75. The summed E-state index contributed by atoms with van der Waals surface area (Å²) in [6, 6.07) is 4.33.